The van der Waals surface area contributed by atoms with E-state index in [1.165, 1.54) is 4.57 Å². The van der Waals surface area contributed by atoms with Crippen molar-refractivity contribution in [3.8, 4) is 0 Å². The van der Waals surface area contributed by atoms with Crippen LogP contribution in [0.4, 0.5) is 32.3 Å². The highest BCUT2D eigenvalue weighted by atomic mass is 19.4. The molecule has 1 N–H and O–H groups in total. The number of pyridine rings is 1. The van der Waals surface area contributed by atoms with Crippen molar-refractivity contribution >= 4 is 28.7 Å². The Morgan fingerprint density at radius 1 is 1.14 bits per heavy atom. The molecule has 0 radical (unpaired) electrons. The Morgan fingerprint density at radius 2 is 1.86 bits per heavy atom. The number of fused-ring (bicyclic) bond motifs is 1. The quantitative estimate of drug-likeness (QED) is 0.586. The lowest BCUT2D eigenvalue weighted by atomic mass is 10.2. The number of amides is 1. The Labute approximate surface area is 153 Å². The van der Waals surface area contributed by atoms with Crippen LogP contribution in [0.25, 0.3) is 16.9 Å². The van der Waals surface area contributed by atoms with E-state index >= 15 is 0 Å². The van der Waals surface area contributed by atoms with Gasteiger partial charge in [0, 0.05) is 0 Å². The van der Waals surface area contributed by atoms with Gasteiger partial charge >= 0.3 is 12.4 Å². The molecule has 3 rings (SSSR count). The minimum Gasteiger partial charge on any atom is -0.372 e. The van der Waals surface area contributed by atoms with Crippen LogP contribution in [-0.4, -0.2) is 39.8 Å². The third kappa shape index (κ3) is 4.50. The van der Waals surface area contributed by atoms with Gasteiger partial charge in [0.15, 0.2) is 5.65 Å². The average Bonchev–Trinajstić information content (AvgIpc) is 2.86. The molecule has 2 aromatic rings. The topological polar surface area (TPSA) is 69.0 Å². The monoisotopic (exact) mass is 406 g/mol. The molecule has 1 aliphatic carbocycles. The molecule has 0 fully saturated rings. The third-order valence-electron chi connectivity index (χ3n) is 3.58. The summed E-state index contributed by atoms with van der Waals surface area (Å²) in [5.74, 6) is -0.808. The summed E-state index contributed by atoms with van der Waals surface area (Å²) in [6.45, 7) is -1.97. The van der Waals surface area contributed by atoms with Crippen LogP contribution in [0, 0.1) is 0 Å². The summed E-state index contributed by atoms with van der Waals surface area (Å²) < 4.78 is 80.4. The second-order valence-electron chi connectivity index (χ2n) is 5.72. The fraction of sp³-hybridized carbons (Fsp3) is 0.312. The summed E-state index contributed by atoms with van der Waals surface area (Å²) in [6, 6.07) is 1.88. The molecule has 0 aromatic carbocycles. The van der Waals surface area contributed by atoms with Crippen LogP contribution in [0.5, 0.6) is 0 Å². The zero-order valence-corrected chi connectivity index (χ0v) is 13.9. The summed E-state index contributed by atoms with van der Waals surface area (Å²) in [4.78, 5) is 19.6. The largest absolute Gasteiger partial charge is 0.433 e. The van der Waals surface area contributed by atoms with Crippen molar-refractivity contribution in [2.45, 2.75) is 18.8 Å². The number of allylic oxidation sites excluding steroid dienone is 4. The first kappa shape index (κ1) is 19.9. The highest BCUT2D eigenvalue weighted by Crippen LogP contribution is 2.32. The van der Waals surface area contributed by atoms with E-state index in [4.69, 9.17) is 0 Å². The molecule has 0 saturated carbocycles. The van der Waals surface area contributed by atoms with Gasteiger partial charge in [-0.2, -0.15) is 26.3 Å². The van der Waals surface area contributed by atoms with E-state index in [1.807, 2.05) is 0 Å². The molecular formula is C16H12F6N4O2. The first-order valence-corrected chi connectivity index (χ1v) is 7.84. The van der Waals surface area contributed by atoms with Gasteiger partial charge in [0.05, 0.1) is 18.7 Å². The predicted molar refractivity (Wildman–Crippen MR) is 86.1 cm³/mol. The molecule has 12 heteroatoms. The number of nitrogens with one attached hydrogen (secondary N) is 1. The van der Waals surface area contributed by atoms with Gasteiger partial charge in [0.1, 0.15) is 17.8 Å². The number of ether oxygens (including phenoxy) is 1. The number of anilines is 1. The number of aromatic nitrogens is 3. The van der Waals surface area contributed by atoms with Crippen LogP contribution in [0.2, 0.25) is 0 Å². The second kappa shape index (κ2) is 7.26. The second-order valence-corrected chi connectivity index (χ2v) is 5.72. The Kier molecular flexibility index (Phi) is 5.15. The van der Waals surface area contributed by atoms with Crippen molar-refractivity contribution in [1.29, 1.82) is 0 Å². The van der Waals surface area contributed by atoms with E-state index in [0.717, 1.165) is 12.1 Å². The van der Waals surface area contributed by atoms with Gasteiger partial charge in [0.2, 0.25) is 11.9 Å². The van der Waals surface area contributed by atoms with Crippen LogP contribution in [0.1, 0.15) is 12.1 Å². The molecule has 1 amide bonds. The van der Waals surface area contributed by atoms with Crippen LogP contribution >= 0.6 is 0 Å². The Hall–Kier alpha value is -2.89. The van der Waals surface area contributed by atoms with Gasteiger partial charge in [-0.25, -0.2) is 9.97 Å². The van der Waals surface area contributed by atoms with Gasteiger partial charge in [-0.3, -0.25) is 14.7 Å². The summed E-state index contributed by atoms with van der Waals surface area (Å²) in [5, 5.41) is 2.36. The molecule has 2 aromatic heterocycles. The summed E-state index contributed by atoms with van der Waals surface area (Å²) >= 11 is 0. The van der Waals surface area contributed by atoms with E-state index in [0.29, 0.717) is 5.70 Å². The number of halogens is 6. The molecule has 1 aliphatic rings. The van der Waals surface area contributed by atoms with Crippen molar-refractivity contribution < 1.29 is 35.9 Å². The van der Waals surface area contributed by atoms with Gasteiger partial charge in [-0.05, 0) is 24.3 Å². The lowest BCUT2D eigenvalue weighted by Gasteiger charge is -2.14. The number of carbonyl (C=O) groups is 1. The number of hydrogen-bond donors (Lipinski definition) is 1. The maximum Gasteiger partial charge on any atom is 0.433 e. The zero-order chi connectivity index (χ0) is 20.5. The third-order valence-corrected chi connectivity index (χ3v) is 3.58. The van der Waals surface area contributed by atoms with Crippen LogP contribution in [-0.2, 0) is 15.7 Å². The highest BCUT2D eigenvalue weighted by molar-refractivity contribution is 5.93. The molecule has 28 heavy (non-hydrogen) atoms. The Morgan fingerprint density at radius 3 is 2.43 bits per heavy atom. The molecule has 0 spiro atoms. The predicted octanol–water partition coefficient (Wildman–Crippen LogP) is 3.77. The summed E-state index contributed by atoms with van der Waals surface area (Å²) in [7, 11) is 0. The van der Waals surface area contributed by atoms with Crippen molar-refractivity contribution in [2.75, 3.05) is 18.5 Å². The average molecular weight is 406 g/mol. The van der Waals surface area contributed by atoms with E-state index < -0.39 is 43.6 Å². The number of hydrogen-bond acceptors (Lipinski definition) is 4. The van der Waals surface area contributed by atoms with E-state index in [1.54, 1.807) is 18.2 Å². The van der Waals surface area contributed by atoms with Gasteiger partial charge in [-0.1, -0.05) is 6.08 Å². The van der Waals surface area contributed by atoms with Crippen molar-refractivity contribution in [1.82, 2.24) is 14.5 Å². The maximum absolute atomic E-state index is 12.9. The lowest BCUT2D eigenvalue weighted by Crippen LogP contribution is -2.21. The Balaban J connectivity index is 1.80. The van der Waals surface area contributed by atoms with Crippen molar-refractivity contribution in [3.63, 3.8) is 0 Å². The molecular weight excluding hydrogens is 394 g/mol. The molecule has 6 nitrogen and oxygen atoms in total. The molecule has 0 bridgehead atoms. The molecule has 2 heterocycles. The Bertz CT molecular complexity index is 958. The smallest absolute Gasteiger partial charge is 0.372 e. The summed E-state index contributed by atoms with van der Waals surface area (Å²) in [5.41, 5.74) is -0.687. The number of carbonyl (C=O) groups excluding carboxylic acids is 1. The van der Waals surface area contributed by atoms with Crippen molar-refractivity contribution in [2.24, 2.45) is 0 Å². The fourth-order valence-electron chi connectivity index (χ4n) is 2.31. The van der Waals surface area contributed by atoms with E-state index in [-0.39, 0.29) is 17.1 Å². The molecule has 0 unspecified atom stereocenters. The zero-order valence-electron chi connectivity index (χ0n) is 13.9. The van der Waals surface area contributed by atoms with E-state index in [9.17, 15) is 31.1 Å². The first-order valence-electron chi connectivity index (χ1n) is 7.84. The van der Waals surface area contributed by atoms with Gasteiger partial charge < -0.3 is 4.74 Å². The number of alkyl halides is 6. The number of rotatable bonds is 6. The molecule has 0 saturated heterocycles. The lowest BCUT2D eigenvalue weighted by molar-refractivity contribution is -0.174. The minimum absolute atomic E-state index is 0.0988. The number of imidazole rings is 1. The summed E-state index contributed by atoms with van der Waals surface area (Å²) in [6.07, 6.45) is -4.78. The molecule has 0 atom stereocenters. The van der Waals surface area contributed by atoms with Crippen LogP contribution in [0.15, 0.2) is 30.4 Å². The maximum atomic E-state index is 12.9. The van der Waals surface area contributed by atoms with Crippen LogP contribution < -0.4 is 5.32 Å². The fourth-order valence-corrected chi connectivity index (χ4v) is 2.31. The number of nitrogens with zero attached hydrogens (tertiary/aromatic N) is 3. The normalized spacial score (nSPS) is 14.1. The SMILES string of the molecule is O=C(CCOCC(F)(F)F)Nc1nc2ccc(C(F)(F)F)nc2n1C1=CC=C1. The first-order chi connectivity index (χ1) is 13.0. The molecule has 150 valence electrons. The molecule has 0 aliphatic heterocycles. The van der Waals surface area contributed by atoms with Crippen molar-refractivity contribution in [3.05, 3.63) is 36.1 Å². The highest BCUT2D eigenvalue weighted by Gasteiger charge is 2.33. The van der Waals surface area contributed by atoms with Gasteiger partial charge in [-0.15, -0.1) is 0 Å². The standard InChI is InChI=1S/C16H12F6N4O2/c17-15(18,19)8-28-7-6-12(27)25-14-23-10-4-5-11(16(20,21)22)24-13(10)26(14)9-2-1-3-9/h1-5H,6-8H2,(H,23,25,27). The van der Waals surface area contributed by atoms with E-state index in [2.05, 4.69) is 20.0 Å². The minimum atomic E-state index is -4.66. The van der Waals surface area contributed by atoms with Crippen LogP contribution in [0.3, 0.4) is 0 Å². The van der Waals surface area contributed by atoms with Gasteiger partial charge in [0.25, 0.3) is 0 Å².